The summed E-state index contributed by atoms with van der Waals surface area (Å²) < 4.78 is 4.93. The van der Waals surface area contributed by atoms with Gasteiger partial charge in [-0.2, -0.15) is 5.10 Å². The van der Waals surface area contributed by atoms with Crippen molar-refractivity contribution in [2.45, 2.75) is 20.8 Å². The molecule has 0 saturated carbocycles. The standard InChI is InChI=1S/C18H23N5O2S2/c1-12-6-5-7-16(13(12)2)23(14(3)24)18-21-15(11-27-18)10-20-22-17(26)19-8-9-25-4/h5-7,10-11H,8-9H2,1-4H3,(H2,19,22,26)/b20-10-. The van der Waals surface area contributed by atoms with Gasteiger partial charge in [-0.3, -0.25) is 15.1 Å². The molecule has 0 fully saturated rings. The van der Waals surface area contributed by atoms with Crippen LogP contribution in [-0.2, 0) is 9.53 Å². The van der Waals surface area contributed by atoms with Crippen LogP contribution in [0.25, 0.3) is 0 Å². The number of amides is 1. The van der Waals surface area contributed by atoms with Crippen LogP contribution in [0.3, 0.4) is 0 Å². The molecular formula is C18H23N5O2S2. The second-order valence-corrected chi connectivity index (χ2v) is 6.99. The predicted molar refractivity (Wildman–Crippen MR) is 114 cm³/mol. The van der Waals surface area contributed by atoms with Crippen molar-refractivity contribution >= 4 is 51.6 Å². The number of aromatic nitrogens is 1. The maximum atomic E-state index is 12.3. The lowest BCUT2D eigenvalue weighted by molar-refractivity contribution is -0.115. The number of methoxy groups -OCH3 is 1. The van der Waals surface area contributed by atoms with Crippen LogP contribution in [0.2, 0.25) is 0 Å². The van der Waals surface area contributed by atoms with Crippen molar-refractivity contribution in [2.75, 3.05) is 25.2 Å². The van der Waals surface area contributed by atoms with Crippen LogP contribution < -0.4 is 15.6 Å². The summed E-state index contributed by atoms with van der Waals surface area (Å²) in [7, 11) is 1.62. The van der Waals surface area contributed by atoms with E-state index in [1.54, 1.807) is 18.2 Å². The molecule has 0 radical (unpaired) electrons. The number of benzene rings is 1. The van der Waals surface area contributed by atoms with E-state index in [9.17, 15) is 4.79 Å². The van der Waals surface area contributed by atoms with Crippen molar-refractivity contribution in [3.8, 4) is 0 Å². The molecule has 0 spiro atoms. The quantitative estimate of drug-likeness (QED) is 0.319. The van der Waals surface area contributed by atoms with Gasteiger partial charge >= 0.3 is 0 Å². The maximum Gasteiger partial charge on any atom is 0.230 e. The Hall–Kier alpha value is -2.36. The van der Waals surface area contributed by atoms with E-state index in [1.807, 2.05) is 37.4 Å². The van der Waals surface area contributed by atoms with Crippen LogP contribution in [0.4, 0.5) is 10.8 Å². The molecule has 27 heavy (non-hydrogen) atoms. The van der Waals surface area contributed by atoms with Gasteiger partial charge in [0, 0.05) is 26.0 Å². The van der Waals surface area contributed by atoms with Crippen molar-refractivity contribution in [1.29, 1.82) is 0 Å². The lowest BCUT2D eigenvalue weighted by Gasteiger charge is -2.21. The highest BCUT2D eigenvalue weighted by Gasteiger charge is 2.19. The number of nitrogens with zero attached hydrogens (tertiary/aromatic N) is 3. The van der Waals surface area contributed by atoms with Gasteiger partial charge in [-0.05, 0) is 43.3 Å². The van der Waals surface area contributed by atoms with Crippen molar-refractivity contribution in [3.63, 3.8) is 0 Å². The molecule has 0 bridgehead atoms. The molecular weight excluding hydrogens is 382 g/mol. The highest BCUT2D eigenvalue weighted by atomic mass is 32.1. The first kappa shape index (κ1) is 20.9. The van der Waals surface area contributed by atoms with E-state index in [4.69, 9.17) is 17.0 Å². The minimum Gasteiger partial charge on any atom is -0.383 e. The third kappa shape index (κ3) is 5.81. The number of hydrogen-bond donors (Lipinski definition) is 2. The molecule has 144 valence electrons. The fourth-order valence-corrected chi connectivity index (χ4v) is 3.27. The Morgan fingerprint density at radius 3 is 2.93 bits per heavy atom. The van der Waals surface area contributed by atoms with E-state index < -0.39 is 0 Å². The summed E-state index contributed by atoms with van der Waals surface area (Å²) in [5, 5.41) is 9.85. The lowest BCUT2D eigenvalue weighted by Crippen LogP contribution is -2.34. The Kier molecular flexibility index (Phi) is 7.83. The normalized spacial score (nSPS) is 10.8. The van der Waals surface area contributed by atoms with Crippen molar-refractivity contribution in [2.24, 2.45) is 5.10 Å². The Labute approximate surface area is 168 Å². The fraction of sp³-hybridized carbons (Fsp3) is 0.333. The van der Waals surface area contributed by atoms with E-state index in [2.05, 4.69) is 20.8 Å². The van der Waals surface area contributed by atoms with Gasteiger partial charge in [0.2, 0.25) is 5.91 Å². The lowest BCUT2D eigenvalue weighted by atomic mass is 10.1. The molecule has 0 atom stereocenters. The number of carbonyl (C=O) groups excluding carboxylic acids is 1. The first-order valence-electron chi connectivity index (χ1n) is 8.32. The van der Waals surface area contributed by atoms with Crippen molar-refractivity contribution in [3.05, 3.63) is 40.4 Å². The van der Waals surface area contributed by atoms with Gasteiger partial charge in [0.05, 0.1) is 24.2 Å². The highest BCUT2D eigenvalue weighted by Crippen LogP contribution is 2.32. The average Bonchev–Trinajstić information content (AvgIpc) is 3.07. The highest BCUT2D eigenvalue weighted by molar-refractivity contribution is 7.80. The van der Waals surface area contributed by atoms with Crippen LogP contribution >= 0.6 is 23.6 Å². The molecule has 0 aliphatic carbocycles. The largest absolute Gasteiger partial charge is 0.383 e. The van der Waals surface area contributed by atoms with Gasteiger partial charge in [-0.15, -0.1) is 11.3 Å². The summed E-state index contributed by atoms with van der Waals surface area (Å²) in [5.74, 6) is -0.0943. The number of anilines is 2. The topological polar surface area (TPSA) is 78.9 Å². The SMILES string of the molecule is COCCNC(=S)N/N=C\c1csc(N(C(C)=O)c2cccc(C)c2C)n1. The second kappa shape index (κ2) is 10.1. The first-order chi connectivity index (χ1) is 12.9. The number of ether oxygens (including phenoxy) is 1. The Balaban J connectivity index is 2.10. The molecule has 0 unspecified atom stereocenters. The summed E-state index contributed by atoms with van der Waals surface area (Å²) in [5.41, 5.74) is 6.36. The minimum absolute atomic E-state index is 0.0943. The Morgan fingerprint density at radius 2 is 2.22 bits per heavy atom. The molecule has 2 rings (SSSR count). The maximum absolute atomic E-state index is 12.3. The van der Waals surface area contributed by atoms with Crippen LogP contribution in [-0.4, -0.2) is 42.5 Å². The van der Waals surface area contributed by atoms with Gasteiger partial charge in [0.25, 0.3) is 0 Å². The van der Waals surface area contributed by atoms with E-state index >= 15 is 0 Å². The second-order valence-electron chi connectivity index (χ2n) is 5.75. The number of hydrazone groups is 1. The van der Waals surface area contributed by atoms with E-state index in [-0.39, 0.29) is 5.91 Å². The molecule has 2 N–H and O–H groups in total. The van der Waals surface area contributed by atoms with E-state index in [0.717, 1.165) is 16.8 Å². The summed E-state index contributed by atoms with van der Waals surface area (Å²) in [4.78, 5) is 18.4. The van der Waals surface area contributed by atoms with Crippen molar-refractivity contribution < 1.29 is 9.53 Å². The number of rotatable bonds is 7. The molecule has 1 amide bonds. The fourth-order valence-electron chi connectivity index (χ4n) is 2.29. The van der Waals surface area contributed by atoms with Crippen LogP contribution in [0.5, 0.6) is 0 Å². The Bertz CT molecular complexity index is 835. The van der Waals surface area contributed by atoms with E-state index in [0.29, 0.717) is 29.1 Å². The molecule has 7 nitrogen and oxygen atoms in total. The zero-order valence-electron chi connectivity index (χ0n) is 15.8. The molecule has 1 aromatic heterocycles. The number of aryl methyl sites for hydroxylation is 1. The first-order valence-corrected chi connectivity index (χ1v) is 9.61. The van der Waals surface area contributed by atoms with Crippen molar-refractivity contribution in [1.82, 2.24) is 15.7 Å². The summed E-state index contributed by atoms with van der Waals surface area (Å²) >= 11 is 6.47. The average molecular weight is 406 g/mol. The molecule has 0 aliphatic rings. The van der Waals surface area contributed by atoms with Gasteiger partial charge in [-0.1, -0.05) is 12.1 Å². The predicted octanol–water partition coefficient (Wildman–Crippen LogP) is 2.89. The molecule has 1 aromatic carbocycles. The zero-order chi connectivity index (χ0) is 19.8. The summed E-state index contributed by atoms with van der Waals surface area (Å²) in [6, 6.07) is 5.88. The Morgan fingerprint density at radius 1 is 1.44 bits per heavy atom. The van der Waals surface area contributed by atoms with Gasteiger partial charge < -0.3 is 10.1 Å². The molecule has 2 aromatic rings. The third-order valence-electron chi connectivity index (χ3n) is 3.79. The van der Waals surface area contributed by atoms with Gasteiger partial charge in [-0.25, -0.2) is 4.98 Å². The van der Waals surface area contributed by atoms with Crippen LogP contribution in [0, 0.1) is 13.8 Å². The van der Waals surface area contributed by atoms with E-state index in [1.165, 1.54) is 18.3 Å². The summed E-state index contributed by atoms with van der Waals surface area (Å²) in [6.45, 7) is 6.70. The van der Waals surface area contributed by atoms with Gasteiger partial charge in [0.1, 0.15) is 0 Å². The number of thiocarbonyl (C=S) groups is 1. The van der Waals surface area contributed by atoms with Gasteiger partial charge in [0.15, 0.2) is 10.2 Å². The molecule has 1 heterocycles. The summed E-state index contributed by atoms with van der Waals surface area (Å²) in [6.07, 6.45) is 1.56. The number of carbonyl (C=O) groups is 1. The number of thiazole rings is 1. The minimum atomic E-state index is -0.0943. The molecule has 0 aliphatic heterocycles. The zero-order valence-corrected chi connectivity index (χ0v) is 17.4. The number of nitrogens with one attached hydrogen (secondary N) is 2. The smallest absolute Gasteiger partial charge is 0.230 e. The monoisotopic (exact) mass is 405 g/mol. The number of hydrogen-bond acceptors (Lipinski definition) is 6. The molecule has 0 saturated heterocycles. The third-order valence-corrected chi connectivity index (χ3v) is 4.87. The van der Waals surface area contributed by atoms with Crippen LogP contribution in [0.1, 0.15) is 23.7 Å². The van der Waals surface area contributed by atoms with Crippen LogP contribution in [0.15, 0.2) is 28.7 Å². The molecule has 9 heteroatoms.